The first-order chi connectivity index (χ1) is 8.16. The third-order valence-electron chi connectivity index (χ3n) is 1.99. The van der Waals surface area contributed by atoms with Crippen LogP contribution in [0.5, 0.6) is 0 Å². The van der Waals surface area contributed by atoms with Gasteiger partial charge in [-0.15, -0.1) is 0 Å². The second-order valence-electron chi connectivity index (χ2n) is 3.21. The number of carbonyl (C=O) groups is 1. The van der Waals surface area contributed by atoms with E-state index in [1.165, 1.54) is 30.9 Å². The van der Waals surface area contributed by atoms with Gasteiger partial charge in [0.2, 0.25) is 0 Å². The molecule has 6 heteroatoms. The molecule has 1 N–H and O–H groups in total. The number of aromatic nitrogens is 2. The Bertz CT molecular complexity index is 548. The van der Waals surface area contributed by atoms with E-state index in [2.05, 4.69) is 31.2 Å². The van der Waals surface area contributed by atoms with Crippen molar-refractivity contribution >= 4 is 27.5 Å². The minimum Gasteiger partial charge on any atom is -0.319 e. The zero-order valence-corrected chi connectivity index (χ0v) is 10.1. The van der Waals surface area contributed by atoms with E-state index in [0.717, 1.165) is 0 Å². The molecule has 4 nitrogen and oxygen atoms in total. The molecule has 0 saturated carbocycles. The Kier molecular flexibility index (Phi) is 3.43. The van der Waals surface area contributed by atoms with Gasteiger partial charge in [0.1, 0.15) is 12.1 Å². The summed E-state index contributed by atoms with van der Waals surface area (Å²) in [6.45, 7) is 0. The van der Waals surface area contributed by atoms with Gasteiger partial charge in [-0.1, -0.05) is 15.9 Å². The van der Waals surface area contributed by atoms with Crippen molar-refractivity contribution in [3.63, 3.8) is 0 Å². The molecule has 0 aliphatic heterocycles. The highest BCUT2D eigenvalue weighted by Gasteiger charge is 2.12. The van der Waals surface area contributed by atoms with Gasteiger partial charge in [-0.2, -0.15) is 0 Å². The molecule has 2 aromatic rings. The second-order valence-corrected chi connectivity index (χ2v) is 4.12. The van der Waals surface area contributed by atoms with Gasteiger partial charge >= 0.3 is 0 Å². The van der Waals surface area contributed by atoms with Crippen LogP contribution in [-0.2, 0) is 0 Å². The van der Waals surface area contributed by atoms with Gasteiger partial charge in [0, 0.05) is 4.47 Å². The Labute approximate surface area is 105 Å². The molecule has 0 bridgehead atoms. The summed E-state index contributed by atoms with van der Waals surface area (Å²) in [6, 6.07) is 4.23. The van der Waals surface area contributed by atoms with Crippen LogP contribution in [-0.4, -0.2) is 15.9 Å². The number of hydrogen-bond acceptors (Lipinski definition) is 3. The third-order valence-corrected chi connectivity index (χ3v) is 2.49. The molecule has 0 aliphatic rings. The van der Waals surface area contributed by atoms with Crippen LogP contribution >= 0.6 is 15.9 Å². The Balaban J connectivity index is 2.21. The van der Waals surface area contributed by atoms with Crippen molar-refractivity contribution in [2.75, 3.05) is 5.32 Å². The molecule has 1 heterocycles. The molecule has 17 heavy (non-hydrogen) atoms. The molecule has 0 radical (unpaired) electrons. The van der Waals surface area contributed by atoms with Crippen LogP contribution in [0.15, 0.2) is 41.4 Å². The molecule has 0 fully saturated rings. The van der Waals surface area contributed by atoms with E-state index in [0.29, 0.717) is 10.2 Å². The quantitative estimate of drug-likeness (QED) is 0.927. The van der Waals surface area contributed by atoms with Gasteiger partial charge in [0.15, 0.2) is 0 Å². The van der Waals surface area contributed by atoms with E-state index in [1.807, 2.05) is 0 Å². The summed E-state index contributed by atoms with van der Waals surface area (Å²) in [4.78, 5) is 19.2. The number of hydrogen-bond donors (Lipinski definition) is 1. The van der Waals surface area contributed by atoms with Crippen LogP contribution in [0.3, 0.4) is 0 Å². The maximum atomic E-state index is 13.5. The predicted molar refractivity (Wildman–Crippen MR) is 64.1 cm³/mol. The van der Waals surface area contributed by atoms with Crippen molar-refractivity contribution in [3.8, 4) is 0 Å². The number of benzene rings is 1. The average molecular weight is 296 g/mol. The van der Waals surface area contributed by atoms with Crippen molar-refractivity contribution in [2.45, 2.75) is 0 Å². The van der Waals surface area contributed by atoms with Crippen LogP contribution < -0.4 is 5.32 Å². The van der Waals surface area contributed by atoms with Crippen molar-refractivity contribution in [2.24, 2.45) is 0 Å². The Morgan fingerprint density at radius 1 is 1.29 bits per heavy atom. The number of amides is 1. The Morgan fingerprint density at radius 3 is 2.65 bits per heavy atom. The molecule has 0 aliphatic carbocycles. The first-order valence-corrected chi connectivity index (χ1v) is 5.47. The Morgan fingerprint density at radius 2 is 2.00 bits per heavy atom. The van der Waals surface area contributed by atoms with Crippen LogP contribution in [0.25, 0.3) is 0 Å². The fraction of sp³-hybridized carbons (Fsp3) is 0. The maximum Gasteiger partial charge on any atom is 0.258 e. The summed E-state index contributed by atoms with van der Waals surface area (Å²) in [5, 5.41) is 2.50. The monoisotopic (exact) mass is 295 g/mol. The summed E-state index contributed by atoms with van der Waals surface area (Å²) in [6.07, 6.45) is 4.21. The van der Waals surface area contributed by atoms with Crippen molar-refractivity contribution < 1.29 is 9.18 Å². The molecule has 1 aromatic heterocycles. The minimum atomic E-state index is -0.589. The summed E-state index contributed by atoms with van der Waals surface area (Å²) >= 11 is 3.12. The summed E-state index contributed by atoms with van der Waals surface area (Å²) < 4.78 is 14.1. The smallest absolute Gasteiger partial charge is 0.258 e. The molecule has 0 atom stereocenters. The fourth-order valence-electron chi connectivity index (χ4n) is 1.24. The van der Waals surface area contributed by atoms with Gasteiger partial charge in [0.05, 0.1) is 23.6 Å². The lowest BCUT2D eigenvalue weighted by molar-refractivity contribution is 0.102. The molecule has 86 valence electrons. The lowest BCUT2D eigenvalue weighted by atomic mass is 10.2. The largest absolute Gasteiger partial charge is 0.319 e. The number of nitrogens with zero attached hydrogens (tertiary/aromatic N) is 2. The van der Waals surface area contributed by atoms with Crippen LogP contribution in [0.1, 0.15) is 10.4 Å². The molecule has 1 amide bonds. The van der Waals surface area contributed by atoms with Crippen molar-refractivity contribution in [1.82, 2.24) is 9.97 Å². The zero-order valence-electron chi connectivity index (χ0n) is 8.52. The highest BCUT2D eigenvalue weighted by atomic mass is 79.9. The van der Waals surface area contributed by atoms with Gasteiger partial charge in [0.25, 0.3) is 5.91 Å². The SMILES string of the molecule is O=C(Nc1cncnc1)c1ccc(Br)cc1F. The molecular formula is C11H7BrFN3O. The summed E-state index contributed by atoms with van der Waals surface area (Å²) in [5.41, 5.74) is 0.386. The zero-order chi connectivity index (χ0) is 12.3. The fourth-order valence-corrected chi connectivity index (χ4v) is 1.57. The predicted octanol–water partition coefficient (Wildman–Crippen LogP) is 2.63. The molecule has 2 rings (SSSR count). The van der Waals surface area contributed by atoms with E-state index in [-0.39, 0.29) is 5.56 Å². The molecule has 0 spiro atoms. The van der Waals surface area contributed by atoms with Gasteiger partial charge < -0.3 is 5.32 Å². The highest BCUT2D eigenvalue weighted by molar-refractivity contribution is 9.10. The van der Waals surface area contributed by atoms with E-state index < -0.39 is 11.7 Å². The summed E-state index contributed by atoms with van der Waals surface area (Å²) in [5.74, 6) is -1.13. The third kappa shape index (κ3) is 2.85. The van der Waals surface area contributed by atoms with Crippen molar-refractivity contribution in [3.05, 3.63) is 52.8 Å². The average Bonchev–Trinajstić information content (AvgIpc) is 2.30. The Hall–Kier alpha value is -1.82. The standard InChI is InChI=1S/C11H7BrFN3O/c12-7-1-2-9(10(13)3-7)11(17)16-8-4-14-6-15-5-8/h1-6H,(H,16,17). The normalized spacial score (nSPS) is 10.0. The van der Waals surface area contributed by atoms with Crippen LogP contribution in [0.4, 0.5) is 10.1 Å². The molecule has 1 aromatic carbocycles. The molecular weight excluding hydrogens is 289 g/mol. The molecule has 0 saturated heterocycles. The number of anilines is 1. The minimum absolute atomic E-state index is 0.0305. The topological polar surface area (TPSA) is 54.9 Å². The second kappa shape index (κ2) is 5.01. The lowest BCUT2D eigenvalue weighted by Gasteiger charge is -2.05. The lowest BCUT2D eigenvalue weighted by Crippen LogP contribution is -2.13. The summed E-state index contributed by atoms with van der Waals surface area (Å²) in [7, 11) is 0. The van der Waals surface area contributed by atoms with Gasteiger partial charge in [-0.05, 0) is 18.2 Å². The first kappa shape index (κ1) is 11.7. The van der Waals surface area contributed by atoms with Crippen molar-refractivity contribution in [1.29, 1.82) is 0 Å². The van der Waals surface area contributed by atoms with E-state index in [1.54, 1.807) is 6.07 Å². The van der Waals surface area contributed by atoms with Crippen LogP contribution in [0, 0.1) is 5.82 Å². The van der Waals surface area contributed by atoms with Crippen LogP contribution in [0.2, 0.25) is 0 Å². The number of rotatable bonds is 2. The first-order valence-electron chi connectivity index (χ1n) is 4.68. The van der Waals surface area contributed by atoms with E-state index >= 15 is 0 Å². The van der Waals surface area contributed by atoms with Gasteiger partial charge in [-0.3, -0.25) is 4.79 Å². The van der Waals surface area contributed by atoms with Gasteiger partial charge in [-0.25, -0.2) is 14.4 Å². The van der Waals surface area contributed by atoms with E-state index in [9.17, 15) is 9.18 Å². The number of nitrogens with one attached hydrogen (secondary N) is 1. The number of halogens is 2. The molecule has 0 unspecified atom stereocenters. The number of carbonyl (C=O) groups excluding carboxylic acids is 1. The van der Waals surface area contributed by atoms with E-state index in [4.69, 9.17) is 0 Å². The maximum absolute atomic E-state index is 13.5. The highest BCUT2D eigenvalue weighted by Crippen LogP contribution is 2.16.